The molecule has 1 heterocycles. The normalized spacial score (nSPS) is 12.5. The first kappa shape index (κ1) is 12.7. The Hall–Kier alpha value is -1.36. The molecule has 16 heavy (non-hydrogen) atoms. The summed E-state index contributed by atoms with van der Waals surface area (Å²) in [6.07, 6.45) is 0.690. The van der Waals surface area contributed by atoms with Crippen molar-refractivity contribution in [3.8, 4) is 0 Å². The standard InChI is InChI=1S/C11H19N3O2/c1-7(4-5-12)11(15)13-6-10-14-8(2)9(3)16-10/h7H,4-6,12H2,1-3H3,(H,13,15). The first-order valence-electron chi connectivity index (χ1n) is 5.45. The molecule has 1 unspecified atom stereocenters. The van der Waals surface area contributed by atoms with Crippen LogP contribution in [0.1, 0.15) is 30.7 Å². The first-order chi connectivity index (χ1) is 7.54. The van der Waals surface area contributed by atoms with Gasteiger partial charge < -0.3 is 15.5 Å². The van der Waals surface area contributed by atoms with E-state index in [2.05, 4.69) is 10.3 Å². The van der Waals surface area contributed by atoms with E-state index >= 15 is 0 Å². The molecule has 1 aromatic rings. The molecule has 5 heteroatoms. The Labute approximate surface area is 95.4 Å². The Bertz CT molecular complexity index is 341. The van der Waals surface area contributed by atoms with Crippen molar-refractivity contribution in [2.75, 3.05) is 6.54 Å². The molecule has 0 fully saturated rings. The topological polar surface area (TPSA) is 81.2 Å². The Morgan fingerprint density at radius 3 is 2.75 bits per heavy atom. The third-order valence-corrected chi connectivity index (χ3v) is 2.53. The number of aromatic nitrogens is 1. The number of hydrogen-bond donors (Lipinski definition) is 2. The number of amides is 1. The van der Waals surface area contributed by atoms with Crippen molar-refractivity contribution >= 4 is 5.91 Å². The average molecular weight is 225 g/mol. The number of rotatable bonds is 5. The van der Waals surface area contributed by atoms with Crippen molar-refractivity contribution in [3.63, 3.8) is 0 Å². The molecule has 0 saturated heterocycles. The minimum atomic E-state index is -0.0674. The van der Waals surface area contributed by atoms with Crippen LogP contribution in [0, 0.1) is 19.8 Å². The fraction of sp³-hybridized carbons (Fsp3) is 0.636. The molecular weight excluding hydrogens is 206 g/mol. The van der Waals surface area contributed by atoms with E-state index in [0.717, 1.165) is 11.5 Å². The zero-order valence-electron chi connectivity index (χ0n) is 10.0. The van der Waals surface area contributed by atoms with E-state index in [0.29, 0.717) is 25.4 Å². The zero-order chi connectivity index (χ0) is 12.1. The predicted molar refractivity (Wildman–Crippen MR) is 60.7 cm³/mol. The summed E-state index contributed by atoms with van der Waals surface area (Å²) in [6.45, 7) is 6.44. The minimum absolute atomic E-state index is 0.0149. The largest absolute Gasteiger partial charge is 0.444 e. The highest BCUT2D eigenvalue weighted by Crippen LogP contribution is 2.08. The van der Waals surface area contributed by atoms with Gasteiger partial charge in [0, 0.05) is 5.92 Å². The molecule has 0 aliphatic carbocycles. The molecule has 5 nitrogen and oxygen atoms in total. The smallest absolute Gasteiger partial charge is 0.223 e. The molecular formula is C11H19N3O2. The summed E-state index contributed by atoms with van der Waals surface area (Å²) < 4.78 is 5.35. The Kier molecular flexibility index (Phi) is 4.49. The van der Waals surface area contributed by atoms with Crippen molar-refractivity contribution in [1.82, 2.24) is 10.3 Å². The van der Waals surface area contributed by atoms with Gasteiger partial charge in [-0.25, -0.2) is 4.98 Å². The predicted octanol–water partition coefficient (Wildman–Crippen LogP) is 0.893. The van der Waals surface area contributed by atoms with Crippen LogP contribution in [0.4, 0.5) is 0 Å². The summed E-state index contributed by atoms with van der Waals surface area (Å²) in [5.74, 6) is 1.25. The lowest BCUT2D eigenvalue weighted by molar-refractivity contribution is -0.124. The highest BCUT2D eigenvalue weighted by Gasteiger charge is 2.13. The molecule has 1 aromatic heterocycles. The number of carbonyl (C=O) groups excluding carboxylic acids is 1. The Morgan fingerprint density at radius 1 is 1.56 bits per heavy atom. The van der Waals surface area contributed by atoms with Crippen LogP contribution in [-0.2, 0) is 11.3 Å². The van der Waals surface area contributed by atoms with E-state index in [-0.39, 0.29) is 11.8 Å². The van der Waals surface area contributed by atoms with E-state index < -0.39 is 0 Å². The number of hydrogen-bond acceptors (Lipinski definition) is 4. The van der Waals surface area contributed by atoms with Gasteiger partial charge in [0.1, 0.15) is 5.76 Å². The summed E-state index contributed by atoms with van der Waals surface area (Å²) in [5.41, 5.74) is 6.25. The molecule has 0 saturated carbocycles. The van der Waals surface area contributed by atoms with Gasteiger partial charge in [-0.2, -0.15) is 0 Å². The number of nitrogens with zero attached hydrogens (tertiary/aromatic N) is 1. The van der Waals surface area contributed by atoms with Crippen molar-refractivity contribution in [2.45, 2.75) is 33.7 Å². The van der Waals surface area contributed by atoms with E-state index in [1.165, 1.54) is 0 Å². The quantitative estimate of drug-likeness (QED) is 0.779. The van der Waals surface area contributed by atoms with Crippen molar-refractivity contribution in [3.05, 3.63) is 17.3 Å². The second-order valence-electron chi connectivity index (χ2n) is 3.95. The Morgan fingerprint density at radius 2 is 2.25 bits per heavy atom. The van der Waals surface area contributed by atoms with Crippen LogP contribution >= 0.6 is 0 Å². The number of nitrogens with one attached hydrogen (secondary N) is 1. The molecule has 0 aliphatic rings. The second-order valence-corrected chi connectivity index (χ2v) is 3.95. The lowest BCUT2D eigenvalue weighted by atomic mass is 10.1. The van der Waals surface area contributed by atoms with Crippen LogP contribution in [0.3, 0.4) is 0 Å². The number of oxazole rings is 1. The molecule has 90 valence electrons. The molecule has 0 radical (unpaired) electrons. The van der Waals surface area contributed by atoms with E-state index in [1.54, 1.807) is 0 Å². The third-order valence-electron chi connectivity index (χ3n) is 2.53. The van der Waals surface area contributed by atoms with Crippen LogP contribution < -0.4 is 11.1 Å². The van der Waals surface area contributed by atoms with Gasteiger partial charge in [0.15, 0.2) is 0 Å². The van der Waals surface area contributed by atoms with Gasteiger partial charge in [-0.05, 0) is 26.8 Å². The second kappa shape index (κ2) is 5.65. The molecule has 0 aromatic carbocycles. The van der Waals surface area contributed by atoms with Crippen molar-refractivity contribution in [1.29, 1.82) is 0 Å². The van der Waals surface area contributed by atoms with Crippen LogP contribution in [0.5, 0.6) is 0 Å². The van der Waals surface area contributed by atoms with Gasteiger partial charge in [0.2, 0.25) is 11.8 Å². The summed E-state index contributed by atoms with van der Waals surface area (Å²) in [7, 11) is 0. The lowest BCUT2D eigenvalue weighted by Gasteiger charge is -2.09. The fourth-order valence-electron chi connectivity index (χ4n) is 1.33. The molecule has 1 rings (SSSR count). The van der Waals surface area contributed by atoms with Crippen LogP contribution in [0.15, 0.2) is 4.42 Å². The van der Waals surface area contributed by atoms with Gasteiger partial charge >= 0.3 is 0 Å². The summed E-state index contributed by atoms with van der Waals surface area (Å²) in [5, 5.41) is 2.77. The third kappa shape index (κ3) is 3.34. The summed E-state index contributed by atoms with van der Waals surface area (Å²) in [6, 6.07) is 0. The molecule has 0 spiro atoms. The summed E-state index contributed by atoms with van der Waals surface area (Å²) in [4.78, 5) is 15.7. The molecule has 3 N–H and O–H groups in total. The van der Waals surface area contributed by atoms with Crippen molar-refractivity contribution in [2.24, 2.45) is 11.7 Å². The monoisotopic (exact) mass is 225 g/mol. The van der Waals surface area contributed by atoms with E-state index in [9.17, 15) is 4.79 Å². The number of nitrogens with two attached hydrogens (primary N) is 1. The number of carbonyl (C=O) groups is 1. The van der Waals surface area contributed by atoms with Crippen LogP contribution in [0.2, 0.25) is 0 Å². The Balaban J connectivity index is 2.42. The van der Waals surface area contributed by atoms with Crippen LogP contribution in [0.25, 0.3) is 0 Å². The molecule has 0 bridgehead atoms. The van der Waals surface area contributed by atoms with Gasteiger partial charge in [-0.1, -0.05) is 6.92 Å². The van der Waals surface area contributed by atoms with Gasteiger partial charge in [-0.3, -0.25) is 4.79 Å². The highest BCUT2D eigenvalue weighted by atomic mass is 16.4. The molecule has 1 atom stereocenters. The molecule has 0 aliphatic heterocycles. The zero-order valence-corrected chi connectivity index (χ0v) is 10.0. The van der Waals surface area contributed by atoms with Gasteiger partial charge in [0.25, 0.3) is 0 Å². The van der Waals surface area contributed by atoms with E-state index in [4.69, 9.17) is 10.2 Å². The summed E-state index contributed by atoms with van der Waals surface area (Å²) >= 11 is 0. The maximum absolute atomic E-state index is 11.6. The van der Waals surface area contributed by atoms with Crippen molar-refractivity contribution < 1.29 is 9.21 Å². The maximum atomic E-state index is 11.6. The first-order valence-corrected chi connectivity index (χ1v) is 5.45. The highest BCUT2D eigenvalue weighted by molar-refractivity contribution is 5.78. The maximum Gasteiger partial charge on any atom is 0.223 e. The van der Waals surface area contributed by atoms with Gasteiger partial charge in [-0.15, -0.1) is 0 Å². The fourth-order valence-corrected chi connectivity index (χ4v) is 1.33. The lowest BCUT2D eigenvalue weighted by Crippen LogP contribution is -2.30. The molecule has 1 amide bonds. The van der Waals surface area contributed by atoms with Crippen LogP contribution in [-0.4, -0.2) is 17.4 Å². The number of aryl methyl sites for hydroxylation is 2. The minimum Gasteiger partial charge on any atom is -0.444 e. The average Bonchev–Trinajstić information content (AvgIpc) is 2.55. The SMILES string of the molecule is Cc1nc(CNC(=O)C(C)CCN)oc1C. The van der Waals surface area contributed by atoms with E-state index in [1.807, 2.05) is 20.8 Å². The van der Waals surface area contributed by atoms with Gasteiger partial charge in [0.05, 0.1) is 12.2 Å².